The number of nitrogens with zero attached hydrogens (tertiary/aromatic N) is 1. The highest BCUT2D eigenvalue weighted by atomic mass is 16.5. The molecule has 0 aromatic heterocycles. The van der Waals surface area contributed by atoms with Crippen LogP contribution in [-0.2, 0) is 6.42 Å². The summed E-state index contributed by atoms with van der Waals surface area (Å²) in [6, 6.07) is 6.19. The van der Waals surface area contributed by atoms with Crippen LogP contribution in [0.1, 0.15) is 18.9 Å². The summed E-state index contributed by atoms with van der Waals surface area (Å²) in [5.41, 5.74) is 2.56. The second kappa shape index (κ2) is 4.89. The monoisotopic (exact) mass is 193 g/mol. The standard InChI is InChI=1S/C12H19NO/c1-5-7-10-11(13(2)3)8-6-9-12(10)14-4/h6,8-9H,5,7H2,1-4H3. The maximum atomic E-state index is 5.36. The van der Waals surface area contributed by atoms with Crippen LogP contribution >= 0.6 is 0 Å². The number of hydrogen-bond acceptors (Lipinski definition) is 2. The Bertz CT molecular complexity index is 294. The van der Waals surface area contributed by atoms with Crippen molar-refractivity contribution in [2.75, 3.05) is 26.1 Å². The van der Waals surface area contributed by atoms with Crippen LogP contribution in [0.4, 0.5) is 5.69 Å². The summed E-state index contributed by atoms with van der Waals surface area (Å²) in [4.78, 5) is 2.13. The van der Waals surface area contributed by atoms with Gasteiger partial charge in [0.15, 0.2) is 0 Å². The van der Waals surface area contributed by atoms with E-state index in [0.717, 1.165) is 18.6 Å². The Morgan fingerprint density at radius 2 is 2.00 bits per heavy atom. The van der Waals surface area contributed by atoms with Gasteiger partial charge in [0.25, 0.3) is 0 Å². The molecule has 1 rings (SSSR count). The van der Waals surface area contributed by atoms with E-state index < -0.39 is 0 Å². The zero-order valence-electron chi connectivity index (χ0n) is 9.50. The third-order valence-corrected chi connectivity index (χ3v) is 2.31. The van der Waals surface area contributed by atoms with Gasteiger partial charge in [0.1, 0.15) is 5.75 Å². The van der Waals surface area contributed by atoms with Crippen molar-refractivity contribution in [2.45, 2.75) is 19.8 Å². The van der Waals surface area contributed by atoms with Crippen molar-refractivity contribution in [1.29, 1.82) is 0 Å². The fourth-order valence-corrected chi connectivity index (χ4v) is 1.67. The molecule has 0 heterocycles. The maximum absolute atomic E-state index is 5.36. The van der Waals surface area contributed by atoms with E-state index >= 15 is 0 Å². The van der Waals surface area contributed by atoms with Crippen LogP contribution in [0.2, 0.25) is 0 Å². The summed E-state index contributed by atoms with van der Waals surface area (Å²) in [5.74, 6) is 0.998. The van der Waals surface area contributed by atoms with E-state index in [-0.39, 0.29) is 0 Å². The molecule has 0 bridgehead atoms. The Morgan fingerprint density at radius 1 is 1.29 bits per heavy atom. The lowest BCUT2D eigenvalue weighted by Gasteiger charge is -2.19. The van der Waals surface area contributed by atoms with Crippen molar-refractivity contribution in [3.05, 3.63) is 23.8 Å². The van der Waals surface area contributed by atoms with Gasteiger partial charge in [-0.15, -0.1) is 0 Å². The van der Waals surface area contributed by atoms with Gasteiger partial charge >= 0.3 is 0 Å². The second-order valence-electron chi connectivity index (χ2n) is 3.60. The SMILES string of the molecule is CCCc1c(OC)cccc1N(C)C. The average molecular weight is 193 g/mol. The Labute approximate surface area is 86.5 Å². The van der Waals surface area contributed by atoms with Crippen molar-refractivity contribution in [2.24, 2.45) is 0 Å². The van der Waals surface area contributed by atoms with Crippen molar-refractivity contribution in [3.63, 3.8) is 0 Å². The molecular weight excluding hydrogens is 174 g/mol. The van der Waals surface area contributed by atoms with E-state index in [1.807, 2.05) is 12.1 Å². The fourth-order valence-electron chi connectivity index (χ4n) is 1.67. The topological polar surface area (TPSA) is 12.5 Å². The predicted octanol–water partition coefficient (Wildman–Crippen LogP) is 2.71. The molecule has 78 valence electrons. The summed E-state index contributed by atoms with van der Waals surface area (Å²) in [5, 5.41) is 0. The maximum Gasteiger partial charge on any atom is 0.124 e. The van der Waals surface area contributed by atoms with E-state index in [9.17, 15) is 0 Å². The molecule has 0 aliphatic carbocycles. The van der Waals surface area contributed by atoms with E-state index in [0.29, 0.717) is 0 Å². The number of ether oxygens (including phenoxy) is 1. The van der Waals surface area contributed by atoms with Gasteiger partial charge in [0.2, 0.25) is 0 Å². The third-order valence-electron chi connectivity index (χ3n) is 2.31. The average Bonchev–Trinajstić information content (AvgIpc) is 2.18. The minimum absolute atomic E-state index is 0.998. The van der Waals surface area contributed by atoms with E-state index in [1.54, 1.807) is 7.11 Å². The highest BCUT2D eigenvalue weighted by Crippen LogP contribution is 2.29. The molecule has 0 aliphatic heterocycles. The van der Waals surface area contributed by atoms with Gasteiger partial charge in [-0.25, -0.2) is 0 Å². The minimum Gasteiger partial charge on any atom is -0.496 e. The molecule has 0 unspecified atom stereocenters. The van der Waals surface area contributed by atoms with E-state index in [4.69, 9.17) is 4.74 Å². The molecule has 0 radical (unpaired) electrons. The van der Waals surface area contributed by atoms with Crippen LogP contribution < -0.4 is 9.64 Å². The lowest BCUT2D eigenvalue weighted by Crippen LogP contribution is -2.11. The third kappa shape index (κ3) is 2.19. The molecular formula is C12H19NO. The second-order valence-corrected chi connectivity index (χ2v) is 3.60. The van der Waals surface area contributed by atoms with Gasteiger partial charge in [-0.1, -0.05) is 19.4 Å². The summed E-state index contributed by atoms with van der Waals surface area (Å²) in [7, 11) is 5.86. The largest absolute Gasteiger partial charge is 0.496 e. The van der Waals surface area contributed by atoms with Gasteiger partial charge < -0.3 is 9.64 Å². The van der Waals surface area contributed by atoms with Crippen molar-refractivity contribution >= 4 is 5.69 Å². The van der Waals surface area contributed by atoms with E-state index in [1.165, 1.54) is 11.3 Å². The Morgan fingerprint density at radius 3 is 2.50 bits per heavy atom. The molecule has 0 saturated heterocycles. The molecule has 0 N–H and O–H groups in total. The van der Waals surface area contributed by atoms with Crippen LogP contribution in [0.5, 0.6) is 5.75 Å². The Balaban J connectivity index is 3.13. The molecule has 1 aromatic carbocycles. The van der Waals surface area contributed by atoms with Crippen LogP contribution in [0, 0.1) is 0 Å². The molecule has 0 saturated carbocycles. The molecule has 0 atom stereocenters. The minimum atomic E-state index is 0.998. The fraction of sp³-hybridized carbons (Fsp3) is 0.500. The van der Waals surface area contributed by atoms with Crippen LogP contribution in [0.15, 0.2) is 18.2 Å². The number of methoxy groups -OCH3 is 1. The smallest absolute Gasteiger partial charge is 0.124 e. The highest BCUT2D eigenvalue weighted by Gasteiger charge is 2.08. The normalized spacial score (nSPS) is 10.0. The van der Waals surface area contributed by atoms with Gasteiger partial charge in [-0.05, 0) is 18.6 Å². The predicted molar refractivity (Wildman–Crippen MR) is 61.3 cm³/mol. The first-order chi connectivity index (χ1) is 6.70. The molecule has 0 spiro atoms. The summed E-state index contributed by atoms with van der Waals surface area (Å²) in [6.07, 6.45) is 2.21. The summed E-state index contributed by atoms with van der Waals surface area (Å²) >= 11 is 0. The van der Waals surface area contributed by atoms with E-state index in [2.05, 4.69) is 32.0 Å². The van der Waals surface area contributed by atoms with Crippen LogP contribution in [0.3, 0.4) is 0 Å². The molecule has 14 heavy (non-hydrogen) atoms. The first kappa shape index (κ1) is 10.9. The number of rotatable bonds is 4. The molecule has 0 aliphatic rings. The number of anilines is 1. The number of benzene rings is 1. The highest BCUT2D eigenvalue weighted by molar-refractivity contribution is 5.58. The van der Waals surface area contributed by atoms with Gasteiger partial charge in [-0.2, -0.15) is 0 Å². The van der Waals surface area contributed by atoms with Crippen LogP contribution in [-0.4, -0.2) is 21.2 Å². The zero-order valence-corrected chi connectivity index (χ0v) is 9.50. The molecule has 2 nitrogen and oxygen atoms in total. The Kier molecular flexibility index (Phi) is 3.81. The number of hydrogen-bond donors (Lipinski definition) is 0. The Hall–Kier alpha value is -1.18. The summed E-state index contributed by atoms with van der Waals surface area (Å²) < 4.78 is 5.36. The van der Waals surface area contributed by atoms with Gasteiger partial charge in [-0.3, -0.25) is 0 Å². The van der Waals surface area contributed by atoms with Gasteiger partial charge in [0, 0.05) is 25.3 Å². The zero-order chi connectivity index (χ0) is 10.6. The lowest BCUT2D eigenvalue weighted by molar-refractivity contribution is 0.409. The van der Waals surface area contributed by atoms with Crippen molar-refractivity contribution in [3.8, 4) is 5.75 Å². The molecule has 0 amide bonds. The quantitative estimate of drug-likeness (QED) is 0.729. The van der Waals surface area contributed by atoms with Gasteiger partial charge in [0.05, 0.1) is 7.11 Å². The molecule has 2 heteroatoms. The van der Waals surface area contributed by atoms with Crippen molar-refractivity contribution in [1.82, 2.24) is 0 Å². The summed E-state index contributed by atoms with van der Waals surface area (Å²) in [6.45, 7) is 2.19. The molecule has 1 aromatic rings. The first-order valence-electron chi connectivity index (χ1n) is 5.04. The molecule has 0 fully saturated rings. The van der Waals surface area contributed by atoms with Crippen molar-refractivity contribution < 1.29 is 4.74 Å². The van der Waals surface area contributed by atoms with Crippen LogP contribution in [0.25, 0.3) is 0 Å². The lowest BCUT2D eigenvalue weighted by atomic mass is 10.1. The first-order valence-corrected chi connectivity index (χ1v) is 5.04.